The molecule has 2 aliphatic rings. The molecule has 0 aliphatic carbocycles. The van der Waals surface area contributed by atoms with E-state index >= 15 is 0 Å². The molecule has 0 unspecified atom stereocenters. The van der Waals surface area contributed by atoms with Gasteiger partial charge in [0.15, 0.2) is 5.84 Å². The van der Waals surface area contributed by atoms with Gasteiger partial charge in [0.25, 0.3) is 5.72 Å². The number of fused-ring (bicyclic) bond motifs is 1. The summed E-state index contributed by atoms with van der Waals surface area (Å²) in [4.78, 5) is 7.79. The van der Waals surface area contributed by atoms with Gasteiger partial charge in [-0.2, -0.15) is 5.10 Å². The number of oxime groups is 1. The van der Waals surface area contributed by atoms with Gasteiger partial charge in [-0.05, 0) is 72.5 Å². The van der Waals surface area contributed by atoms with Gasteiger partial charge in [0, 0.05) is 30.9 Å². The van der Waals surface area contributed by atoms with Crippen molar-refractivity contribution < 1.29 is 19.1 Å². The lowest BCUT2D eigenvalue weighted by atomic mass is 9.94. The average molecular weight is 448 g/mol. The molecular formula is C25H25FN4O3. The van der Waals surface area contributed by atoms with Crippen molar-refractivity contribution in [1.82, 2.24) is 14.7 Å². The summed E-state index contributed by atoms with van der Waals surface area (Å²) in [5.74, 6) is 1.10. The van der Waals surface area contributed by atoms with Crippen LogP contribution >= 0.6 is 0 Å². The SMILES string of the molecule is COc1cc(/C=C2\CCCN3C2=NO[C@]3(CO)c2ccc(F)cc2)ccc1-c1ccnn1C. The summed E-state index contributed by atoms with van der Waals surface area (Å²) in [6.45, 7) is 0.378. The van der Waals surface area contributed by atoms with Gasteiger partial charge in [0.2, 0.25) is 0 Å². The number of benzene rings is 2. The van der Waals surface area contributed by atoms with Crippen molar-refractivity contribution in [3.63, 3.8) is 0 Å². The van der Waals surface area contributed by atoms with E-state index in [0.29, 0.717) is 17.9 Å². The highest BCUT2D eigenvalue weighted by Crippen LogP contribution is 2.40. The second-order valence-corrected chi connectivity index (χ2v) is 8.18. The van der Waals surface area contributed by atoms with Crippen LogP contribution in [0.2, 0.25) is 0 Å². The maximum absolute atomic E-state index is 13.5. The minimum Gasteiger partial charge on any atom is -0.496 e. The Labute approximate surface area is 191 Å². The highest BCUT2D eigenvalue weighted by molar-refractivity contribution is 6.03. The van der Waals surface area contributed by atoms with Gasteiger partial charge in [-0.3, -0.25) is 4.68 Å². The highest BCUT2D eigenvalue weighted by atomic mass is 19.1. The number of aliphatic hydroxyl groups is 1. The molecule has 0 bridgehead atoms. The van der Waals surface area contributed by atoms with Gasteiger partial charge in [-0.1, -0.05) is 11.2 Å². The number of amidine groups is 1. The number of aromatic nitrogens is 2. The zero-order valence-corrected chi connectivity index (χ0v) is 18.5. The first-order valence-electron chi connectivity index (χ1n) is 10.8. The molecule has 1 saturated heterocycles. The smallest absolute Gasteiger partial charge is 0.260 e. The van der Waals surface area contributed by atoms with Gasteiger partial charge >= 0.3 is 0 Å². The lowest BCUT2D eigenvalue weighted by Crippen LogP contribution is -2.51. The van der Waals surface area contributed by atoms with E-state index in [1.165, 1.54) is 12.1 Å². The van der Waals surface area contributed by atoms with Crippen LogP contribution in [-0.2, 0) is 17.6 Å². The number of aliphatic hydroxyl groups excluding tert-OH is 1. The summed E-state index contributed by atoms with van der Waals surface area (Å²) < 4.78 is 20.9. The van der Waals surface area contributed by atoms with Crippen LogP contribution in [0.1, 0.15) is 24.0 Å². The second-order valence-electron chi connectivity index (χ2n) is 8.18. The summed E-state index contributed by atoms with van der Waals surface area (Å²) >= 11 is 0. The molecule has 1 aromatic heterocycles. The number of nitrogens with zero attached hydrogens (tertiary/aromatic N) is 4. The van der Waals surface area contributed by atoms with E-state index in [2.05, 4.69) is 16.3 Å². The van der Waals surface area contributed by atoms with E-state index in [9.17, 15) is 9.50 Å². The summed E-state index contributed by atoms with van der Waals surface area (Å²) in [6.07, 6.45) is 5.53. The van der Waals surface area contributed by atoms with E-state index in [4.69, 9.17) is 9.57 Å². The van der Waals surface area contributed by atoms with Gasteiger partial charge < -0.3 is 19.6 Å². The number of halogens is 1. The normalized spacial score (nSPS) is 21.0. The van der Waals surface area contributed by atoms with Crippen LogP contribution in [0.15, 0.2) is 65.5 Å². The van der Waals surface area contributed by atoms with Crippen molar-refractivity contribution in [2.75, 3.05) is 20.3 Å². The summed E-state index contributed by atoms with van der Waals surface area (Å²) in [7, 11) is 3.55. The van der Waals surface area contributed by atoms with Gasteiger partial charge in [0.05, 0.1) is 12.8 Å². The Kier molecular flexibility index (Phi) is 5.38. The van der Waals surface area contributed by atoms with Gasteiger partial charge in [-0.15, -0.1) is 0 Å². The van der Waals surface area contributed by atoms with Crippen molar-refractivity contribution in [3.05, 3.63) is 77.2 Å². The molecule has 3 heterocycles. The molecule has 33 heavy (non-hydrogen) atoms. The Balaban J connectivity index is 1.48. The second kappa shape index (κ2) is 8.37. The van der Waals surface area contributed by atoms with E-state index in [0.717, 1.165) is 41.0 Å². The molecule has 170 valence electrons. The molecule has 8 heteroatoms. The third kappa shape index (κ3) is 3.56. The number of piperidine rings is 1. The zero-order valence-electron chi connectivity index (χ0n) is 18.5. The lowest BCUT2D eigenvalue weighted by molar-refractivity contribution is -0.137. The van der Waals surface area contributed by atoms with Crippen LogP contribution in [-0.4, -0.2) is 45.9 Å². The van der Waals surface area contributed by atoms with Crippen molar-refractivity contribution in [2.24, 2.45) is 12.2 Å². The van der Waals surface area contributed by atoms with Crippen molar-refractivity contribution in [3.8, 4) is 17.0 Å². The Morgan fingerprint density at radius 1 is 1.21 bits per heavy atom. The summed E-state index contributed by atoms with van der Waals surface area (Å²) in [5, 5.41) is 18.9. The quantitative estimate of drug-likeness (QED) is 0.641. The number of methoxy groups -OCH3 is 1. The Bertz CT molecular complexity index is 1230. The third-order valence-corrected chi connectivity index (χ3v) is 6.26. The van der Waals surface area contributed by atoms with E-state index in [-0.39, 0.29) is 12.4 Å². The van der Waals surface area contributed by atoms with Crippen LogP contribution < -0.4 is 4.74 Å². The molecular weight excluding hydrogens is 423 g/mol. The number of rotatable bonds is 5. The molecule has 7 nitrogen and oxygen atoms in total. The fourth-order valence-electron chi connectivity index (χ4n) is 4.56. The molecule has 5 rings (SSSR count). The average Bonchev–Trinajstić information content (AvgIpc) is 3.44. The van der Waals surface area contributed by atoms with E-state index in [1.54, 1.807) is 25.4 Å². The molecule has 0 radical (unpaired) electrons. The fourth-order valence-corrected chi connectivity index (χ4v) is 4.56. The number of hydrogen-bond acceptors (Lipinski definition) is 6. The van der Waals surface area contributed by atoms with E-state index in [1.807, 2.05) is 40.9 Å². The number of ether oxygens (including phenoxy) is 1. The van der Waals surface area contributed by atoms with Crippen LogP contribution in [0.3, 0.4) is 0 Å². The minimum atomic E-state index is -1.15. The van der Waals surface area contributed by atoms with Crippen LogP contribution in [0.5, 0.6) is 5.75 Å². The third-order valence-electron chi connectivity index (χ3n) is 6.26. The van der Waals surface area contributed by atoms with Crippen LogP contribution in [0, 0.1) is 5.82 Å². The summed E-state index contributed by atoms with van der Waals surface area (Å²) in [5.41, 5.74) is 3.42. The molecule has 1 atom stereocenters. The standard InChI is InChI=1S/C25H25FN4O3/c1-29-22(11-12-27-29)21-10-5-17(15-23(21)32-2)14-18-4-3-13-30-24(18)28-33-25(30,16-31)19-6-8-20(26)9-7-19/h5-12,14-15,31H,3-4,13,16H2,1-2H3/b18-14+/t25-/m1/s1. The Morgan fingerprint density at radius 3 is 2.73 bits per heavy atom. The minimum absolute atomic E-state index is 0.299. The van der Waals surface area contributed by atoms with Gasteiger partial charge in [0.1, 0.15) is 18.2 Å². The maximum Gasteiger partial charge on any atom is 0.260 e. The molecule has 2 aromatic carbocycles. The first kappa shape index (κ1) is 21.2. The Hall–Kier alpha value is -3.65. The lowest BCUT2D eigenvalue weighted by Gasteiger charge is -2.38. The molecule has 3 aromatic rings. The molecule has 2 aliphatic heterocycles. The maximum atomic E-state index is 13.5. The van der Waals surface area contributed by atoms with Crippen molar-refractivity contribution >= 4 is 11.9 Å². The molecule has 1 fully saturated rings. The van der Waals surface area contributed by atoms with Crippen molar-refractivity contribution in [1.29, 1.82) is 0 Å². The zero-order chi connectivity index (χ0) is 23.0. The first-order valence-corrected chi connectivity index (χ1v) is 10.8. The predicted molar refractivity (Wildman–Crippen MR) is 123 cm³/mol. The number of hydrogen-bond donors (Lipinski definition) is 1. The molecule has 0 saturated carbocycles. The van der Waals surface area contributed by atoms with Crippen molar-refractivity contribution in [2.45, 2.75) is 18.6 Å². The first-order chi connectivity index (χ1) is 16.1. The molecule has 1 N–H and O–H groups in total. The molecule has 0 amide bonds. The van der Waals surface area contributed by atoms with Crippen LogP contribution in [0.25, 0.3) is 17.3 Å². The number of aryl methyl sites for hydroxylation is 1. The monoisotopic (exact) mass is 448 g/mol. The van der Waals surface area contributed by atoms with E-state index < -0.39 is 5.72 Å². The largest absolute Gasteiger partial charge is 0.496 e. The fraction of sp³-hybridized carbons (Fsp3) is 0.280. The Morgan fingerprint density at radius 2 is 2.03 bits per heavy atom. The predicted octanol–water partition coefficient (Wildman–Crippen LogP) is 3.90. The highest BCUT2D eigenvalue weighted by Gasteiger charge is 2.49. The molecule has 0 spiro atoms. The topological polar surface area (TPSA) is 72.1 Å². The van der Waals surface area contributed by atoms with Crippen LogP contribution in [0.4, 0.5) is 4.39 Å². The summed E-state index contributed by atoms with van der Waals surface area (Å²) in [6, 6.07) is 14.0. The van der Waals surface area contributed by atoms with Gasteiger partial charge in [-0.25, -0.2) is 4.39 Å².